The van der Waals surface area contributed by atoms with Gasteiger partial charge in [0.05, 0.1) is 5.60 Å². The average molecular weight is 254 g/mol. The van der Waals surface area contributed by atoms with Crippen LogP contribution in [-0.4, -0.2) is 40.6 Å². The van der Waals surface area contributed by atoms with Gasteiger partial charge in [0, 0.05) is 25.0 Å². The van der Waals surface area contributed by atoms with Gasteiger partial charge in [0.2, 0.25) is 5.91 Å². The van der Waals surface area contributed by atoms with Crippen LogP contribution in [0.1, 0.15) is 46.0 Å². The third-order valence-electron chi connectivity index (χ3n) is 4.32. The van der Waals surface area contributed by atoms with Crippen LogP contribution >= 0.6 is 0 Å². The molecule has 0 aromatic heterocycles. The summed E-state index contributed by atoms with van der Waals surface area (Å²) < 4.78 is 0. The van der Waals surface area contributed by atoms with E-state index in [1.807, 2.05) is 11.8 Å². The monoisotopic (exact) mass is 254 g/mol. The van der Waals surface area contributed by atoms with Crippen molar-refractivity contribution < 1.29 is 9.90 Å². The molecule has 104 valence electrons. The summed E-state index contributed by atoms with van der Waals surface area (Å²) in [6, 6.07) is 0.160. The first-order valence-electron chi connectivity index (χ1n) is 7.14. The zero-order valence-electron chi connectivity index (χ0n) is 11.6. The molecule has 1 aliphatic heterocycles. The fourth-order valence-electron chi connectivity index (χ4n) is 3.52. The van der Waals surface area contributed by atoms with Crippen molar-refractivity contribution in [3.05, 3.63) is 0 Å². The van der Waals surface area contributed by atoms with Crippen LogP contribution in [0.15, 0.2) is 0 Å². The third-order valence-corrected chi connectivity index (χ3v) is 4.32. The molecule has 0 spiro atoms. The Bertz CT molecular complexity index is 303. The SMILES string of the molecule is CC1CC(N)CC(C(=O)N2CCCC(C)(O)C2)C1. The molecule has 4 unspecified atom stereocenters. The fraction of sp³-hybridized carbons (Fsp3) is 0.929. The number of carbonyl (C=O) groups excluding carboxylic acids is 1. The second-order valence-corrected chi connectivity index (χ2v) is 6.63. The average Bonchev–Trinajstić information content (AvgIpc) is 2.25. The van der Waals surface area contributed by atoms with Crippen LogP contribution in [0.4, 0.5) is 0 Å². The molecule has 1 aliphatic carbocycles. The summed E-state index contributed by atoms with van der Waals surface area (Å²) in [5.74, 6) is 0.808. The molecule has 1 saturated heterocycles. The van der Waals surface area contributed by atoms with Crippen molar-refractivity contribution in [1.82, 2.24) is 4.90 Å². The van der Waals surface area contributed by atoms with Crippen LogP contribution in [0.5, 0.6) is 0 Å². The van der Waals surface area contributed by atoms with E-state index in [9.17, 15) is 9.90 Å². The van der Waals surface area contributed by atoms with Crippen LogP contribution in [0, 0.1) is 11.8 Å². The van der Waals surface area contributed by atoms with Crippen LogP contribution in [0.25, 0.3) is 0 Å². The van der Waals surface area contributed by atoms with Crippen molar-refractivity contribution in [2.24, 2.45) is 17.6 Å². The van der Waals surface area contributed by atoms with Gasteiger partial charge in [0.1, 0.15) is 0 Å². The van der Waals surface area contributed by atoms with Crippen molar-refractivity contribution >= 4 is 5.91 Å². The van der Waals surface area contributed by atoms with Crippen molar-refractivity contribution in [3.8, 4) is 0 Å². The molecule has 4 atom stereocenters. The summed E-state index contributed by atoms with van der Waals surface area (Å²) in [5.41, 5.74) is 5.30. The predicted octanol–water partition coefficient (Wildman–Crippen LogP) is 1.12. The Hall–Kier alpha value is -0.610. The number of nitrogens with zero attached hydrogens (tertiary/aromatic N) is 1. The number of rotatable bonds is 1. The predicted molar refractivity (Wildman–Crippen MR) is 70.9 cm³/mol. The van der Waals surface area contributed by atoms with E-state index in [0.29, 0.717) is 12.5 Å². The van der Waals surface area contributed by atoms with Crippen molar-refractivity contribution in [3.63, 3.8) is 0 Å². The Morgan fingerprint density at radius 3 is 2.72 bits per heavy atom. The molecule has 0 aromatic rings. The van der Waals surface area contributed by atoms with Gasteiger partial charge in [-0.25, -0.2) is 0 Å². The highest BCUT2D eigenvalue weighted by molar-refractivity contribution is 5.79. The second kappa shape index (κ2) is 5.17. The van der Waals surface area contributed by atoms with Gasteiger partial charge in [0.15, 0.2) is 0 Å². The van der Waals surface area contributed by atoms with Gasteiger partial charge < -0.3 is 15.7 Å². The number of amides is 1. The molecule has 2 aliphatic rings. The molecule has 3 N–H and O–H groups in total. The van der Waals surface area contributed by atoms with Crippen molar-refractivity contribution in [2.75, 3.05) is 13.1 Å². The molecule has 1 saturated carbocycles. The molecule has 0 radical (unpaired) electrons. The number of hydrogen-bond acceptors (Lipinski definition) is 3. The molecule has 2 rings (SSSR count). The number of hydrogen-bond donors (Lipinski definition) is 2. The molecule has 4 nitrogen and oxygen atoms in total. The lowest BCUT2D eigenvalue weighted by molar-refractivity contribution is -0.143. The van der Waals surface area contributed by atoms with Gasteiger partial charge in [-0.05, 0) is 44.9 Å². The van der Waals surface area contributed by atoms with Crippen LogP contribution < -0.4 is 5.73 Å². The Morgan fingerprint density at radius 1 is 1.39 bits per heavy atom. The molecule has 18 heavy (non-hydrogen) atoms. The number of likely N-dealkylation sites (tertiary alicyclic amines) is 1. The quantitative estimate of drug-likeness (QED) is 0.737. The van der Waals surface area contributed by atoms with E-state index < -0.39 is 5.60 Å². The standard InChI is InChI=1S/C14H26N2O2/c1-10-6-11(8-12(15)7-10)13(17)16-5-3-4-14(2,18)9-16/h10-12,18H,3-9,15H2,1-2H3. The zero-order valence-corrected chi connectivity index (χ0v) is 11.6. The maximum absolute atomic E-state index is 12.5. The minimum absolute atomic E-state index is 0.0673. The third kappa shape index (κ3) is 3.23. The summed E-state index contributed by atoms with van der Waals surface area (Å²) in [6.07, 6.45) is 4.47. The Labute approximate surface area is 110 Å². The van der Waals surface area contributed by atoms with E-state index in [1.54, 1.807) is 0 Å². The fourth-order valence-corrected chi connectivity index (χ4v) is 3.52. The largest absolute Gasteiger partial charge is 0.388 e. The van der Waals surface area contributed by atoms with Gasteiger partial charge in [0.25, 0.3) is 0 Å². The summed E-state index contributed by atoms with van der Waals surface area (Å²) in [7, 11) is 0. The van der Waals surface area contributed by atoms with Gasteiger partial charge in [-0.2, -0.15) is 0 Å². The molecule has 1 heterocycles. The molecule has 0 aromatic carbocycles. The van der Waals surface area contributed by atoms with Crippen LogP contribution in [0.3, 0.4) is 0 Å². The van der Waals surface area contributed by atoms with E-state index in [-0.39, 0.29) is 17.9 Å². The minimum atomic E-state index is -0.712. The highest BCUT2D eigenvalue weighted by Gasteiger charge is 2.36. The summed E-state index contributed by atoms with van der Waals surface area (Å²) in [4.78, 5) is 14.3. The summed E-state index contributed by atoms with van der Waals surface area (Å²) >= 11 is 0. The van der Waals surface area contributed by atoms with E-state index >= 15 is 0 Å². The van der Waals surface area contributed by atoms with E-state index in [2.05, 4.69) is 6.92 Å². The first-order valence-corrected chi connectivity index (χ1v) is 7.14. The smallest absolute Gasteiger partial charge is 0.225 e. The number of carbonyl (C=O) groups is 1. The zero-order chi connectivity index (χ0) is 13.3. The van der Waals surface area contributed by atoms with Gasteiger partial charge in [-0.15, -0.1) is 0 Å². The number of aliphatic hydroxyl groups is 1. The highest BCUT2D eigenvalue weighted by Crippen LogP contribution is 2.31. The van der Waals surface area contributed by atoms with Crippen molar-refractivity contribution in [2.45, 2.75) is 57.6 Å². The van der Waals surface area contributed by atoms with E-state index in [1.165, 1.54) is 0 Å². The van der Waals surface area contributed by atoms with Crippen LogP contribution in [-0.2, 0) is 4.79 Å². The molecule has 4 heteroatoms. The second-order valence-electron chi connectivity index (χ2n) is 6.63. The number of β-amino-alcohol motifs (C(OH)–C–C–N with tert-alkyl or cyclic N) is 1. The van der Waals surface area contributed by atoms with Gasteiger partial charge in [-0.1, -0.05) is 6.92 Å². The normalized spacial score (nSPS) is 41.8. The lowest BCUT2D eigenvalue weighted by Crippen LogP contribution is -2.51. The lowest BCUT2D eigenvalue weighted by atomic mass is 9.78. The lowest BCUT2D eigenvalue weighted by Gasteiger charge is -2.40. The maximum Gasteiger partial charge on any atom is 0.225 e. The highest BCUT2D eigenvalue weighted by atomic mass is 16.3. The first-order chi connectivity index (χ1) is 8.37. The van der Waals surface area contributed by atoms with Gasteiger partial charge >= 0.3 is 0 Å². The summed E-state index contributed by atoms with van der Waals surface area (Å²) in [6.45, 7) is 5.26. The van der Waals surface area contributed by atoms with Crippen LogP contribution in [0.2, 0.25) is 0 Å². The molecular weight excluding hydrogens is 228 g/mol. The Kier molecular flexibility index (Phi) is 3.97. The minimum Gasteiger partial charge on any atom is -0.388 e. The van der Waals surface area contributed by atoms with Crippen molar-refractivity contribution in [1.29, 1.82) is 0 Å². The molecule has 0 bridgehead atoms. The Balaban J connectivity index is 1.98. The summed E-state index contributed by atoms with van der Waals surface area (Å²) in [5, 5.41) is 10.1. The number of piperidine rings is 1. The Morgan fingerprint density at radius 2 is 2.11 bits per heavy atom. The number of nitrogens with two attached hydrogens (primary N) is 1. The van der Waals surface area contributed by atoms with E-state index in [4.69, 9.17) is 5.73 Å². The van der Waals surface area contributed by atoms with E-state index in [0.717, 1.165) is 38.6 Å². The molecule has 2 fully saturated rings. The molecular formula is C14H26N2O2. The molecule has 1 amide bonds. The maximum atomic E-state index is 12.5. The van der Waals surface area contributed by atoms with Gasteiger partial charge in [-0.3, -0.25) is 4.79 Å². The topological polar surface area (TPSA) is 66.6 Å². The first kappa shape index (κ1) is 13.8.